The first-order chi connectivity index (χ1) is 16.7. The second-order valence-corrected chi connectivity index (χ2v) is 11.3. The molecule has 6 nitrogen and oxygen atoms in total. The summed E-state index contributed by atoms with van der Waals surface area (Å²) in [6.45, 7) is 3.57. The highest BCUT2D eigenvalue weighted by molar-refractivity contribution is 7.93. The van der Waals surface area contributed by atoms with E-state index in [1.807, 2.05) is 0 Å². The SMILES string of the molecule is O=S(=O)(c1cc(Cl)c(Cl)cc1Cl)N(Cc1cccc(O)c1)c1ccc(OCCN2CCCC2)cc1. The van der Waals surface area contributed by atoms with Gasteiger partial charge in [-0.25, -0.2) is 8.42 Å². The average Bonchev–Trinajstić information content (AvgIpc) is 3.34. The molecule has 35 heavy (non-hydrogen) atoms. The number of rotatable bonds is 9. The van der Waals surface area contributed by atoms with Crippen LogP contribution in [0.3, 0.4) is 0 Å². The van der Waals surface area contributed by atoms with E-state index in [-0.39, 0.29) is 32.3 Å². The smallest absolute Gasteiger partial charge is 0.266 e. The van der Waals surface area contributed by atoms with Gasteiger partial charge in [-0.3, -0.25) is 9.21 Å². The van der Waals surface area contributed by atoms with Crippen LogP contribution in [0.2, 0.25) is 15.1 Å². The van der Waals surface area contributed by atoms with Crippen molar-refractivity contribution in [2.45, 2.75) is 24.3 Å². The van der Waals surface area contributed by atoms with Crippen LogP contribution in [-0.2, 0) is 16.6 Å². The van der Waals surface area contributed by atoms with E-state index in [1.165, 1.54) is 41.4 Å². The van der Waals surface area contributed by atoms with Crippen molar-refractivity contribution in [2.75, 3.05) is 30.5 Å². The number of hydrogen-bond acceptors (Lipinski definition) is 5. The van der Waals surface area contributed by atoms with Gasteiger partial charge in [0.25, 0.3) is 10.0 Å². The Balaban J connectivity index is 1.62. The molecule has 4 rings (SSSR count). The quantitative estimate of drug-likeness (QED) is 0.317. The van der Waals surface area contributed by atoms with E-state index in [4.69, 9.17) is 39.5 Å². The largest absolute Gasteiger partial charge is 0.508 e. The lowest BCUT2D eigenvalue weighted by atomic mass is 10.2. The number of aromatic hydroxyl groups is 1. The lowest BCUT2D eigenvalue weighted by molar-refractivity contribution is 0.238. The number of ether oxygens (including phenoxy) is 1. The summed E-state index contributed by atoms with van der Waals surface area (Å²) in [5, 5.41) is 10.1. The van der Waals surface area contributed by atoms with E-state index in [0.717, 1.165) is 19.6 Å². The molecule has 3 aromatic carbocycles. The minimum atomic E-state index is -4.15. The van der Waals surface area contributed by atoms with Crippen LogP contribution in [0.25, 0.3) is 0 Å². The van der Waals surface area contributed by atoms with Crippen LogP contribution in [0.15, 0.2) is 65.6 Å². The maximum absolute atomic E-state index is 13.8. The number of sulfonamides is 1. The molecule has 0 aromatic heterocycles. The zero-order valence-corrected chi connectivity index (χ0v) is 21.9. The van der Waals surface area contributed by atoms with Gasteiger partial charge in [-0.2, -0.15) is 0 Å². The molecule has 3 aromatic rings. The van der Waals surface area contributed by atoms with Crippen LogP contribution >= 0.6 is 34.8 Å². The Morgan fingerprint density at radius 1 is 0.914 bits per heavy atom. The second-order valence-electron chi connectivity index (χ2n) is 8.27. The Hall–Kier alpha value is -2.16. The number of nitrogens with zero attached hydrogens (tertiary/aromatic N) is 2. The van der Waals surface area contributed by atoms with Crippen molar-refractivity contribution in [3.05, 3.63) is 81.3 Å². The van der Waals surface area contributed by atoms with E-state index < -0.39 is 10.0 Å². The zero-order chi connectivity index (χ0) is 25.0. The topological polar surface area (TPSA) is 70.1 Å². The Labute approximate surface area is 220 Å². The summed E-state index contributed by atoms with van der Waals surface area (Å²) in [6.07, 6.45) is 2.45. The Kier molecular flexibility index (Phi) is 8.34. The van der Waals surface area contributed by atoms with Gasteiger partial charge < -0.3 is 9.84 Å². The van der Waals surface area contributed by atoms with Crippen molar-refractivity contribution < 1.29 is 18.3 Å². The predicted octanol–water partition coefficient (Wildman–Crippen LogP) is 6.22. The third-order valence-electron chi connectivity index (χ3n) is 5.78. The highest BCUT2D eigenvalue weighted by atomic mass is 35.5. The maximum atomic E-state index is 13.8. The van der Waals surface area contributed by atoms with Crippen LogP contribution in [0.5, 0.6) is 11.5 Å². The Morgan fingerprint density at radius 3 is 2.29 bits per heavy atom. The third kappa shape index (κ3) is 6.35. The molecule has 0 bridgehead atoms. The highest BCUT2D eigenvalue weighted by Gasteiger charge is 2.29. The normalized spacial score (nSPS) is 14.3. The molecule has 1 saturated heterocycles. The lowest BCUT2D eigenvalue weighted by Gasteiger charge is -2.26. The van der Waals surface area contributed by atoms with Gasteiger partial charge in [0.15, 0.2) is 0 Å². The van der Waals surface area contributed by atoms with Gasteiger partial charge in [-0.1, -0.05) is 46.9 Å². The van der Waals surface area contributed by atoms with Gasteiger partial charge in [-0.05, 0) is 80.0 Å². The van der Waals surface area contributed by atoms with Crippen molar-refractivity contribution >= 4 is 50.5 Å². The predicted molar refractivity (Wildman–Crippen MR) is 141 cm³/mol. The van der Waals surface area contributed by atoms with Gasteiger partial charge in [0.05, 0.1) is 27.3 Å². The fourth-order valence-electron chi connectivity index (χ4n) is 3.96. The summed E-state index contributed by atoms with van der Waals surface area (Å²) in [4.78, 5) is 2.19. The van der Waals surface area contributed by atoms with Crippen molar-refractivity contribution in [3.8, 4) is 11.5 Å². The van der Waals surface area contributed by atoms with Crippen LogP contribution in [0.1, 0.15) is 18.4 Å². The van der Waals surface area contributed by atoms with E-state index in [9.17, 15) is 13.5 Å². The molecule has 1 heterocycles. The summed E-state index contributed by atoms with van der Waals surface area (Å²) in [5.41, 5.74) is 0.998. The zero-order valence-electron chi connectivity index (χ0n) is 18.8. The first kappa shape index (κ1) is 25.9. The van der Waals surface area contributed by atoms with Crippen molar-refractivity contribution in [2.24, 2.45) is 0 Å². The fraction of sp³-hybridized carbons (Fsp3) is 0.280. The Bertz CT molecular complexity index is 1280. The summed E-state index contributed by atoms with van der Waals surface area (Å²) in [6, 6.07) is 15.8. The molecule has 1 N–H and O–H groups in total. The molecule has 1 aliphatic rings. The van der Waals surface area contributed by atoms with E-state index >= 15 is 0 Å². The van der Waals surface area contributed by atoms with Gasteiger partial charge >= 0.3 is 0 Å². The van der Waals surface area contributed by atoms with E-state index in [2.05, 4.69) is 4.90 Å². The van der Waals surface area contributed by atoms with Crippen LogP contribution in [0, 0.1) is 0 Å². The molecule has 0 radical (unpaired) electrons. The molecule has 1 aliphatic heterocycles. The molecule has 186 valence electrons. The van der Waals surface area contributed by atoms with E-state index in [1.54, 1.807) is 36.4 Å². The first-order valence-electron chi connectivity index (χ1n) is 11.1. The number of likely N-dealkylation sites (tertiary alicyclic amines) is 1. The van der Waals surface area contributed by atoms with Crippen LogP contribution < -0.4 is 9.04 Å². The minimum Gasteiger partial charge on any atom is -0.508 e. The van der Waals surface area contributed by atoms with Crippen LogP contribution in [0.4, 0.5) is 5.69 Å². The molecule has 0 unspecified atom stereocenters. The molecule has 0 atom stereocenters. The van der Waals surface area contributed by atoms with Crippen LogP contribution in [-0.4, -0.2) is 44.7 Å². The third-order valence-corrected chi connectivity index (χ3v) is 8.74. The number of halogens is 3. The molecular formula is C25H25Cl3N2O4S. The average molecular weight is 556 g/mol. The van der Waals surface area contributed by atoms with Gasteiger partial charge in [-0.15, -0.1) is 0 Å². The number of phenols is 1. The van der Waals surface area contributed by atoms with Gasteiger partial charge in [0, 0.05) is 6.54 Å². The van der Waals surface area contributed by atoms with E-state index in [0.29, 0.717) is 23.6 Å². The minimum absolute atomic E-state index is 0.0363. The summed E-state index contributed by atoms with van der Waals surface area (Å²) in [5.74, 6) is 0.685. The number of hydrogen-bond donors (Lipinski definition) is 1. The summed E-state index contributed by atoms with van der Waals surface area (Å²) < 4.78 is 34.6. The van der Waals surface area contributed by atoms with Crippen molar-refractivity contribution in [3.63, 3.8) is 0 Å². The molecule has 0 amide bonds. The molecular weight excluding hydrogens is 531 g/mol. The summed E-state index contributed by atoms with van der Waals surface area (Å²) >= 11 is 18.4. The van der Waals surface area contributed by atoms with Gasteiger partial charge in [0.1, 0.15) is 23.0 Å². The molecule has 0 saturated carbocycles. The number of anilines is 1. The second kappa shape index (κ2) is 11.3. The molecule has 10 heteroatoms. The standard InChI is InChI=1S/C25H25Cl3N2O4S/c26-22-15-24(28)25(16-23(22)27)35(32,33)30(17-18-4-3-5-20(31)14-18)19-6-8-21(9-7-19)34-13-12-29-10-1-2-11-29/h3-9,14-16,31H,1-2,10-13,17H2. The highest BCUT2D eigenvalue weighted by Crippen LogP contribution is 2.36. The number of phenolic OH excluding ortho intramolecular Hbond substituents is 1. The molecule has 0 aliphatic carbocycles. The first-order valence-corrected chi connectivity index (χ1v) is 13.7. The maximum Gasteiger partial charge on any atom is 0.266 e. The van der Waals surface area contributed by atoms with Crippen molar-refractivity contribution in [1.82, 2.24) is 4.90 Å². The summed E-state index contributed by atoms with van der Waals surface area (Å²) in [7, 11) is -4.15. The monoisotopic (exact) mass is 554 g/mol. The molecule has 1 fully saturated rings. The molecule has 0 spiro atoms. The van der Waals surface area contributed by atoms with Gasteiger partial charge in [0.2, 0.25) is 0 Å². The van der Waals surface area contributed by atoms with Crippen molar-refractivity contribution in [1.29, 1.82) is 0 Å². The number of benzene rings is 3. The fourth-order valence-corrected chi connectivity index (χ4v) is 6.40. The lowest BCUT2D eigenvalue weighted by Crippen LogP contribution is -2.31. The Morgan fingerprint density at radius 2 is 1.60 bits per heavy atom.